The van der Waals surface area contributed by atoms with E-state index in [0.717, 1.165) is 0 Å². The Morgan fingerprint density at radius 2 is 1.04 bits per heavy atom. The highest BCUT2D eigenvalue weighted by atomic mass is 32.1. The number of rotatable bonds is 4. The van der Waals surface area contributed by atoms with Gasteiger partial charge < -0.3 is 0 Å². The van der Waals surface area contributed by atoms with Crippen LogP contribution in [0, 0.1) is 13.8 Å². The SMILES string of the molecule is Cc1sc(C2C=CC=C2)cc1C1=C(c2cc(C3C=CC=C3)sc2C)CCCC1. The predicted molar refractivity (Wildman–Crippen MR) is 125 cm³/mol. The molecule has 0 unspecified atom stereocenters. The van der Waals surface area contributed by atoms with Gasteiger partial charge in [-0.2, -0.15) is 0 Å². The monoisotopic (exact) mass is 402 g/mol. The molecule has 0 spiro atoms. The van der Waals surface area contributed by atoms with Crippen LogP contribution in [0.25, 0.3) is 11.1 Å². The first-order chi connectivity index (χ1) is 13.7. The van der Waals surface area contributed by atoms with Crippen LogP contribution in [0.15, 0.2) is 60.7 Å². The lowest BCUT2D eigenvalue weighted by molar-refractivity contribution is 0.753. The third-order valence-corrected chi connectivity index (χ3v) is 8.45. The highest BCUT2D eigenvalue weighted by Gasteiger charge is 2.23. The van der Waals surface area contributed by atoms with Crippen molar-refractivity contribution in [2.45, 2.75) is 51.4 Å². The highest BCUT2D eigenvalue weighted by molar-refractivity contribution is 7.12. The van der Waals surface area contributed by atoms with E-state index < -0.39 is 0 Å². The molecule has 0 fully saturated rings. The van der Waals surface area contributed by atoms with E-state index in [1.54, 1.807) is 11.1 Å². The van der Waals surface area contributed by atoms with E-state index in [-0.39, 0.29) is 0 Å². The fourth-order valence-electron chi connectivity index (χ4n) is 4.68. The second kappa shape index (κ2) is 7.50. The van der Waals surface area contributed by atoms with Gasteiger partial charge in [0.05, 0.1) is 0 Å². The molecule has 2 aromatic rings. The molecule has 3 aliphatic rings. The van der Waals surface area contributed by atoms with E-state index in [9.17, 15) is 0 Å². The van der Waals surface area contributed by atoms with Gasteiger partial charge in [-0.25, -0.2) is 0 Å². The van der Waals surface area contributed by atoms with Crippen molar-refractivity contribution >= 4 is 33.8 Å². The molecule has 142 valence electrons. The standard InChI is InChI=1S/C26H26S2/c1-17-23(15-25(27-17)19-9-3-4-10-19)21-13-7-8-14-22(21)24-16-26(28-18(24)2)20-11-5-6-12-20/h3-6,9-12,15-16,19-20H,7-8,13-14H2,1-2H3. The van der Waals surface area contributed by atoms with Gasteiger partial charge in [-0.05, 0) is 73.9 Å². The molecule has 0 atom stereocenters. The Morgan fingerprint density at radius 3 is 1.43 bits per heavy atom. The topological polar surface area (TPSA) is 0 Å². The van der Waals surface area contributed by atoms with Crippen LogP contribution in [-0.4, -0.2) is 0 Å². The second-order valence-corrected chi connectivity index (χ2v) is 10.6. The number of hydrogen-bond acceptors (Lipinski definition) is 2. The Bertz CT molecular complexity index is 940. The lowest BCUT2D eigenvalue weighted by Crippen LogP contribution is -2.00. The van der Waals surface area contributed by atoms with Gasteiger partial charge in [-0.15, -0.1) is 22.7 Å². The fraction of sp³-hybridized carbons (Fsp3) is 0.308. The zero-order chi connectivity index (χ0) is 19.1. The Morgan fingerprint density at radius 1 is 0.643 bits per heavy atom. The summed E-state index contributed by atoms with van der Waals surface area (Å²) >= 11 is 3.96. The summed E-state index contributed by atoms with van der Waals surface area (Å²) in [6, 6.07) is 4.97. The first kappa shape index (κ1) is 18.1. The van der Waals surface area contributed by atoms with Gasteiger partial charge in [-0.3, -0.25) is 0 Å². The summed E-state index contributed by atoms with van der Waals surface area (Å²) in [5.74, 6) is 0.945. The second-order valence-electron chi connectivity index (χ2n) is 7.99. The smallest absolute Gasteiger partial charge is 0.0299 e. The predicted octanol–water partition coefficient (Wildman–Crippen LogP) is 8.33. The van der Waals surface area contributed by atoms with Crippen LogP contribution in [0.3, 0.4) is 0 Å². The quantitative estimate of drug-likeness (QED) is 0.482. The van der Waals surface area contributed by atoms with Crippen molar-refractivity contribution in [2.75, 3.05) is 0 Å². The summed E-state index contributed by atoms with van der Waals surface area (Å²) in [5, 5.41) is 0. The molecule has 2 heterocycles. The summed E-state index contributed by atoms with van der Waals surface area (Å²) in [4.78, 5) is 5.93. The maximum absolute atomic E-state index is 2.48. The molecular formula is C26H26S2. The minimum atomic E-state index is 0.473. The molecule has 0 N–H and O–H groups in total. The molecule has 0 bridgehead atoms. The van der Waals surface area contributed by atoms with E-state index in [1.165, 1.54) is 56.3 Å². The maximum Gasteiger partial charge on any atom is 0.0299 e. The zero-order valence-electron chi connectivity index (χ0n) is 16.6. The largest absolute Gasteiger partial charge is 0.144 e. The van der Waals surface area contributed by atoms with Gasteiger partial charge in [0.15, 0.2) is 0 Å². The van der Waals surface area contributed by atoms with Crippen LogP contribution < -0.4 is 0 Å². The molecule has 0 radical (unpaired) electrons. The number of aryl methyl sites for hydroxylation is 2. The van der Waals surface area contributed by atoms with Crippen LogP contribution in [0.4, 0.5) is 0 Å². The summed E-state index contributed by atoms with van der Waals surface area (Å²) in [6.45, 7) is 4.62. The van der Waals surface area contributed by atoms with E-state index in [4.69, 9.17) is 0 Å². The lowest BCUT2D eigenvalue weighted by Gasteiger charge is -2.21. The molecule has 0 saturated carbocycles. The molecule has 2 aromatic heterocycles. The summed E-state index contributed by atoms with van der Waals surface area (Å²) in [5.41, 5.74) is 6.25. The average Bonchev–Trinajstić information content (AvgIpc) is 3.49. The van der Waals surface area contributed by atoms with Crippen molar-refractivity contribution in [1.29, 1.82) is 0 Å². The molecule has 0 saturated heterocycles. The Hall–Kier alpha value is -1.90. The minimum Gasteiger partial charge on any atom is -0.144 e. The molecule has 3 aliphatic carbocycles. The van der Waals surface area contributed by atoms with E-state index in [1.807, 2.05) is 22.7 Å². The van der Waals surface area contributed by atoms with Gasteiger partial charge in [-0.1, -0.05) is 48.6 Å². The molecule has 0 nitrogen and oxygen atoms in total. The van der Waals surface area contributed by atoms with E-state index in [2.05, 4.69) is 74.6 Å². The third-order valence-electron chi connectivity index (χ3n) is 6.14. The van der Waals surface area contributed by atoms with Crippen LogP contribution in [0.2, 0.25) is 0 Å². The molecule has 28 heavy (non-hydrogen) atoms. The first-order valence-electron chi connectivity index (χ1n) is 10.3. The van der Waals surface area contributed by atoms with Gasteiger partial charge in [0.2, 0.25) is 0 Å². The van der Waals surface area contributed by atoms with Crippen molar-refractivity contribution in [3.05, 3.63) is 91.4 Å². The van der Waals surface area contributed by atoms with Crippen molar-refractivity contribution in [1.82, 2.24) is 0 Å². The Labute approximate surface area is 176 Å². The first-order valence-corrected chi connectivity index (χ1v) is 12.0. The fourth-order valence-corrected chi connectivity index (χ4v) is 6.91. The van der Waals surface area contributed by atoms with Crippen LogP contribution in [-0.2, 0) is 0 Å². The zero-order valence-corrected chi connectivity index (χ0v) is 18.2. The van der Waals surface area contributed by atoms with Crippen molar-refractivity contribution in [3.63, 3.8) is 0 Å². The van der Waals surface area contributed by atoms with Gasteiger partial charge in [0.1, 0.15) is 0 Å². The normalized spacial score (nSPS) is 19.6. The maximum atomic E-state index is 2.48. The van der Waals surface area contributed by atoms with Crippen molar-refractivity contribution in [3.8, 4) is 0 Å². The van der Waals surface area contributed by atoms with Gasteiger partial charge in [0, 0.05) is 31.3 Å². The Balaban J connectivity index is 1.57. The van der Waals surface area contributed by atoms with E-state index >= 15 is 0 Å². The van der Waals surface area contributed by atoms with Crippen LogP contribution in [0.1, 0.15) is 68.2 Å². The summed E-state index contributed by atoms with van der Waals surface area (Å²) in [7, 11) is 0. The lowest BCUT2D eigenvalue weighted by atomic mass is 9.83. The van der Waals surface area contributed by atoms with Crippen LogP contribution in [0.5, 0.6) is 0 Å². The van der Waals surface area contributed by atoms with Crippen molar-refractivity contribution < 1.29 is 0 Å². The highest BCUT2D eigenvalue weighted by Crippen LogP contribution is 2.45. The summed E-state index contributed by atoms with van der Waals surface area (Å²) < 4.78 is 0. The molecule has 0 aromatic carbocycles. The molecule has 5 rings (SSSR count). The van der Waals surface area contributed by atoms with Crippen molar-refractivity contribution in [2.24, 2.45) is 0 Å². The van der Waals surface area contributed by atoms with Gasteiger partial charge in [0.25, 0.3) is 0 Å². The van der Waals surface area contributed by atoms with Gasteiger partial charge >= 0.3 is 0 Å². The molecule has 0 aliphatic heterocycles. The molecule has 2 heteroatoms. The number of allylic oxidation sites excluding steroid dienone is 10. The average molecular weight is 403 g/mol. The minimum absolute atomic E-state index is 0.473. The number of thiophene rings is 2. The Kier molecular flexibility index (Phi) is 4.86. The number of hydrogen-bond donors (Lipinski definition) is 0. The van der Waals surface area contributed by atoms with Crippen LogP contribution >= 0.6 is 22.7 Å². The third kappa shape index (κ3) is 3.23. The summed E-state index contributed by atoms with van der Waals surface area (Å²) in [6.07, 6.45) is 23.0. The molecule has 0 amide bonds. The molecular weight excluding hydrogens is 376 g/mol. The van der Waals surface area contributed by atoms with E-state index in [0.29, 0.717) is 11.8 Å².